The van der Waals surface area contributed by atoms with Gasteiger partial charge in [0, 0.05) is 23.1 Å². The van der Waals surface area contributed by atoms with E-state index in [1.807, 2.05) is 37.3 Å². The first-order valence-electron chi connectivity index (χ1n) is 10.6. The number of carboxylic acids is 1. The number of hydrogen-bond donors (Lipinski definition) is 0. The van der Waals surface area contributed by atoms with Crippen LogP contribution in [0.5, 0.6) is 23.0 Å². The first-order valence-corrected chi connectivity index (χ1v) is 10.6. The normalized spacial score (nSPS) is 12.3. The Morgan fingerprint density at radius 3 is 2.26 bits per heavy atom. The summed E-state index contributed by atoms with van der Waals surface area (Å²) in [6.45, 7) is 1.80. The molecule has 0 N–H and O–H groups in total. The van der Waals surface area contributed by atoms with Gasteiger partial charge in [0.05, 0.1) is 20.2 Å². The van der Waals surface area contributed by atoms with E-state index in [1.165, 1.54) is 19.2 Å². The molecule has 0 atom stereocenters. The number of carboxylic acid groups (broad SMARTS) is 1. The first-order chi connectivity index (χ1) is 16.4. The minimum absolute atomic E-state index is 0. The van der Waals surface area contributed by atoms with Gasteiger partial charge in [0.2, 0.25) is 12.5 Å². The Kier molecular flexibility index (Phi) is 8.62. The van der Waals surface area contributed by atoms with Gasteiger partial charge in [-0.2, -0.15) is 0 Å². The van der Waals surface area contributed by atoms with Gasteiger partial charge in [0.25, 0.3) is 0 Å². The van der Waals surface area contributed by atoms with E-state index in [1.54, 1.807) is 25.3 Å². The van der Waals surface area contributed by atoms with Crippen molar-refractivity contribution in [2.24, 2.45) is 0 Å². The van der Waals surface area contributed by atoms with Crippen molar-refractivity contribution in [3.8, 4) is 23.0 Å². The Hall–Kier alpha value is -3.26. The molecule has 0 radical (unpaired) electrons. The van der Waals surface area contributed by atoms with Crippen LogP contribution >= 0.6 is 0 Å². The topological polar surface area (TPSA) is 94.1 Å². The molecule has 3 aromatic carbocycles. The molecule has 0 spiro atoms. The summed E-state index contributed by atoms with van der Waals surface area (Å²) in [5.41, 5.74) is 1.95. The van der Waals surface area contributed by atoms with Crippen LogP contribution in [0.4, 0.5) is 0 Å². The molecule has 1 aliphatic heterocycles. The second-order valence-corrected chi connectivity index (χ2v) is 7.73. The van der Waals surface area contributed by atoms with Gasteiger partial charge in [-0.1, -0.05) is 30.3 Å². The van der Waals surface area contributed by atoms with Gasteiger partial charge < -0.3 is 28.8 Å². The Morgan fingerprint density at radius 1 is 0.914 bits per heavy atom. The zero-order valence-electron chi connectivity index (χ0n) is 20.0. The van der Waals surface area contributed by atoms with Crippen molar-refractivity contribution < 1.29 is 63.2 Å². The van der Waals surface area contributed by atoms with Crippen LogP contribution in [0.15, 0.2) is 66.2 Å². The second kappa shape index (κ2) is 11.4. The van der Waals surface area contributed by atoms with Crippen molar-refractivity contribution in [1.29, 1.82) is 0 Å². The molecule has 0 fully saturated rings. The van der Waals surface area contributed by atoms with Crippen molar-refractivity contribution in [3.63, 3.8) is 0 Å². The average molecular weight is 482 g/mol. The number of ether oxygens (including phenoxy) is 4. The molecule has 0 aliphatic carbocycles. The quantitative estimate of drug-likeness (QED) is 0.260. The van der Waals surface area contributed by atoms with Crippen molar-refractivity contribution in [2.45, 2.75) is 13.3 Å². The largest absolute Gasteiger partial charge is 1.00 e. The Morgan fingerprint density at radius 2 is 1.63 bits per heavy atom. The van der Waals surface area contributed by atoms with Gasteiger partial charge in [0.15, 0.2) is 17.3 Å². The molecule has 8 heteroatoms. The number of aryl methyl sites for hydroxylation is 1. The van der Waals surface area contributed by atoms with Crippen molar-refractivity contribution >= 4 is 17.3 Å². The number of aliphatic carboxylic acids is 1. The molecule has 3 aromatic rings. The van der Waals surface area contributed by atoms with E-state index >= 15 is 0 Å². The van der Waals surface area contributed by atoms with Gasteiger partial charge in [0.1, 0.15) is 5.75 Å². The number of methoxy groups -OCH3 is 2. The molecule has 174 valence electrons. The molecule has 0 bridgehead atoms. The third-order valence-corrected chi connectivity index (χ3v) is 5.61. The molecule has 0 unspecified atom stereocenters. The van der Waals surface area contributed by atoms with Crippen LogP contribution in [0.2, 0.25) is 0 Å². The number of fused-ring (bicyclic) bond motifs is 1. The van der Waals surface area contributed by atoms with E-state index in [0.717, 1.165) is 11.1 Å². The number of Topliss-reactive ketones (excluding diaryl/α,β-unsaturated/α-hetero) is 1. The summed E-state index contributed by atoms with van der Waals surface area (Å²) in [5.74, 6) is -0.261. The number of hydrogen-bond acceptors (Lipinski definition) is 7. The minimum atomic E-state index is -1.48. The van der Waals surface area contributed by atoms with Gasteiger partial charge >= 0.3 is 29.6 Å². The van der Waals surface area contributed by atoms with Crippen LogP contribution in [-0.4, -0.2) is 32.8 Å². The van der Waals surface area contributed by atoms with Crippen molar-refractivity contribution in [1.82, 2.24) is 0 Å². The average Bonchev–Trinajstić information content (AvgIpc) is 3.32. The van der Waals surface area contributed by atoms with E-state index in [0.29, 0.717) is 28.6 Å². The number of ketones is 1. The number of carbonyl (C=O) groups excluding carboxylic acids is 2. The molecule has 0 aromatic heterocycles. The maximum Gasteiger partial charge on any atom is 1.00 e. The van der Waals surface area contributed by atoms with Gasteiger partial charge in [-0.25, -0.2) is 0 Å². The molecule has 0 saturated carbocycles. The zero-order chi connectivity index (χ0) is 24.2. The van der Waals surface area contributed by atoms with E-state index < -0.39 is 11.8 Å². The van der Waals surface area contributed by atoms with Crippen LogP contribution in [0.1, 0.15) is 27.0 Å². The maximum atomic E-state index is 13.7. The van der Waals surface area contributed by atoms with Gasteiger partial charge in [-0.3, -0.25) is 4.79 Å². The molecule has 1 heterocycles. The standard InChI is InChI=1S/C27H24O7.Na/c1-16-11-18(9-10-21(16)31-2)25(28)20(12-17-7-5-4-6-8-17)24(27(29)30)19-13-22(32-3)26-23(14-19)33-15-34-26;/h4-11,13-14H,12,15H2,1-3H3,(H,29,30);/q;+1/p-1. The van der Waals surface area contributed by atoms with Crippen LogP contribution in [0, 0.1) is 6.92 Å². The molecular formula is C27H23NaO7. The number of allylic oxidation sites excluding steroid dienone is 1. The molecule has 0 saturated heterocycles. The van der Waals surface area contributed by atoms with Crippen LogP contribution in [0.3, 0.4) is 0 Å². The van der Waals surface area contributed by atoms with Gasteiger partial charge in [-0.05, 0) is 53.9 Å². The Balaban J connectivity index is 0.00000342. The molecule has 1 aliphatic rings. The molecule has 0 amide bonds. The van der Waals surface area contributed by atoms with E-state index in [2.05, 4.69) is 0 Å². The van der Waals surface area contributed by atoms with Crippen LogP contribution in [0.25, 0.3) is 5.57 Å². The fourth-order valence-corrected chi connectivity index (χ4v) is 3.97. The summed E-state index contributed by atoms with van der Waals surface area (Å²) in [4.78, 5) is 26.2. The van der Waals surface area contributed by atoms with Crippen LogP contribution < -0.4 is 53.6 Å². The fourth-order valence-electron chi connectivity index (χ4n) is 3.97. The Labute approximate surface area is 225 Å². The number of rotatable bonds is 8. The smallest absolute Gasteiger partial charge is 0.545 e. The summed E-state index contributed by atoms with van der Waals surface area (Å²) < 4.78 is 21.5. The third kappa shape index (κ3) is 5.53. The second-order valence-electron chi connectivity index (χ2n) is 7.73. The predicted octanol–water partition coefficient (Wildman–Crippen LogP) is 0.374. The third-order valence-electron chi connectivity index (χ3n) is 5.61. The predicted molar refractivity (Wildman–Crippen MR) is 123 cm³/mol. The summed E-state index contributed by atoms with van der Waals surface area (Å²) in [5, 5.41) is 12.5. The molecule has 4 rings (SSSR count). The Bertz CT molecular complexity index is 1280. The summed E-state index contributed by atoms with van der Waals surface area (Å²) in [7, 11) is 2.99. The summed E-state index contributed by atoms with van der Waals surface area (Å²) in [6, 6.07) is 17.2. The van der Waals surface area contributed by atoms with E-state index in [-0.39, 0.29) is 59.5 Å². The minimum Gasteiger partial charge on any atom is -0.545 e. The van der Waals surface area contributed by atoms with Gasteiger partial charge in [-0.15, -0.1) is 0 Å². The monoisotopic (exact) mass is 482 g/mol. The van der Waals surface area contributed by atoms with E-state index in [9.17, 15) is 14.7 Å². The fraction of sp³-hybridized carbons (Fsp3) is 0.185. The number of carbonyl (C=O) groups is 2. The van der Waals surface area contributed by atoms with Crippen molar-refractivity contribution in [3.05, 3.63) is 88.5 Å². The van der Waals surface area contributed by atoms with Crippen LogP contribution in [-0.2, 0) is 11.2 Å². The maximum absolute atomic E-state index is 13.7. The first kappa shape index (κ1) is 26.3. The summed E-state index contributed by atoms with van der Waals surface area (Å²) in [6.07, 6.45) is 0.0881. The van der Waals surface area contributed by atoms with E-state index in [4.69, 9.17) is 18.9 Å². The molecule has 35 heavy (non-hydrogen) atoms. The molecular weight excluding hydrogens is 459 g/mol. The number of benzene rings is 3. The zero-order valence-corrected chi connectivity index (χ0v) is 22.0. The van der Waals surface area contributed by atoms with Crippen molar-refractivity contribution in [2.75, 3.05) is 21.0 Å². The summed E-state index contributed by atoms with van der Waals surface area (Å²) >= 11 is 0. The molecule has 7 nitrogen and oxygen atoms in total. The SMILES string of the molecule is COc1ccc(C(=O)C(Cc2ccccc2)=C(C(=O)[O-])c2cc(OC)c3c(c2)OCO3)cc1C.[Na+].